The van der Waals surface area contributed by atoms with Gasteiger partial charge in [-0.3, -0.25) is 0 Å². The Labute approximate surface area is 837 Å². The van der Waals surface area contributed by atoms with E-state index in [-0.39, 0.29) is 0 Å². The van der Waals surface area contributed by atoms with Crippen LogP contribution in [0.25, 0.3) is 217 Å². The lowest BCUT2D eigenvalue weighted by Gasteiger charge is -2.16. The van der Waals surface area contributed by atoms with E-state index in [2.05, 4.69) is 413 Å². The second kappa shape index (κ2) is 32.9. The molecular weight excluding hydrogens is 1850 g/mol. The van der Waals surface area contributed by atoms with Crippen LogP contribution in [0.3, 0.4) is 0 Å². The van der Waals surface area contributed by atoms with Gasteiger partial charge in [0.2, 0.25) is 0 Å². The van der Waals surface area contributed by atoms with Crippen molar-refractivity contribution in [1.29, 1.82) is 0 Å². The van der Waals surface area contributed by atoms with Crippen LogP contribution >= 0.6 is 44.1 Å². The molecule has 12 heteroatoms. The SMILES string of the molecule is O=P1(c2ccccc2)c2ccccc2-c2c1ccc1c3ccccc3n(-c3ccc(-c4ccc5c(c4)sc4ccccc45)cc3)c21.O=P1(c2ccccc2)c2ccccc2-c2c1ccc1c3ccccc3n(-c3ccc(-c4ccc5sc6ccccc6c5c4)cc3)c21.O=P1(c2ccccc2)c2ccccc2-c2c1ccc1c3ccccc3n(-c3ccc(-c4cccc5c4c4ccccc4n5-c4ccccc4)cc3)c21. The van der Waals surface area contributed by atoms with E-state index in [1.54, 1.807) is 0 Å². The molecule has 28 aromatic rings. The van der Waals surface area contributed by atoms with Crippen LogP contribution in [-0.4, -0.2) is 18.3 Å². The number of fused-ring (bicyclic) bond motifs is 30. The van der Waals surface area contributed by atoms with Gasteiger partial charge in [0.05, 0.1) is 44.1 Å². The van der Waals surface area contributed by atoms with Gasteiger partial charge < -0.3 is 32.0 Å². The van der Waals surface area contributed by atoms with Gasteiger partial charge >= 0.3 is 0 Å². The monoisotopic (exact) mass is 1930 g/mol. The second-order valence-corrected chi connectivity index (χ2v) is 47.9. The van der Waals surface area contributed by atoms with Crippen LogP contribution in [0.2, 0.25) is 0 Å². The van der Waals surface area contributed by atoms with E-state index < -0.39 is 21.4 Å². The third kappa shape index (κ3) is 12.5. The summed E-state index contributed by atoms with van der Waals surface area (Å²) in [7, 11) is -9.20. The number of rotatable bonds is 10. The van der Waals surface area contributed by atoms with Crippen LogP contribution in [0.15, 0.2) is 504 Å². The first-order valence-corrected chi connectivity index (χ1v) is 55.6. The molecule has 3 unspecified atom stereocenters. The van der Waals surface area contributed by atoms with Gasteiger partial charge in [-0.15, -0.1) is 22.7 Å². The maximum atomic E-state index is 15.4. The van der Waals surface area contributed by atoms with Crippen molar-refractivity contribution >= 4 is 219 Å². The Morgan fingerprint density at radius 1 is 0.167 bits per heavy atom. The van der Waals surface area contributed by atoms with Crippen LogP contribution in [-0.2, 0) is 13.7 Å². The van der Waals surface area contributed by atoms with E-state index in [0.717, 1.165) is 148 Å². The molecule has 9 heterocycles. The predicted molar refractivity (Wildman–Crippen MR) is 614 cm³/mol. The van der Waals surface area contributed by atoms with E-state index in [0.29, 0.717) is 0 Å². The van der Waals surface area contributed by atoms with Crippen LogP contribution in [0.1, 0.15) is 0 Å². The van der Waals surface area contributed by atoms with Crippen molar-refractivity contribution in [3.05, 3.63) is 504 Å². The number of para-hydroxylation sites is 5. The summed E-state index contributed by atoms with van der Waals surface area (Å²) in [4.78, 5) is 0. The standard InChI is InChI=1S/C48H31N2OP.2C42H26NOPS/c51-52(35-16-5-2-6-17-35)44-25-12-9-20-40(44)47-45(52)31-30-38-37-18-7-10-22-41(37)50(48(38)47)34-28-26-32(27-29-34)36-21-13-24-43-46(36)39-19-8-11-23-42(39)49(43)33-14-3-1-4-15-33;44-45(30-10-2-1-3-11-30)37-16-8-5-14-34(37)41-38(45)24-23-33-31-12-4-7-15-36(31)43(42(33)41)29-21-18-27(19-22-29)28-20-25-40-35(26-28)32-13-6-9-17-39(32)46-40;44-45(30-10-2-1-3-11-30)37-16-8-5-14-35(37)41-38(45)25-24-34-31-12-4-7-15-36(31)43(42(34)41)29-21-18-27(19-22-29)28-20-23-33-32-13-6-9-17-39(32)46-40(33)26-28/h1-31H;2*1-26H. The first kappa shape index (κ1) is 84.1. The van der Waals surface area contributed by atoms with Gasteiger partial charge in [-0.2, -0.15) is 0 Å². The van der Waals surface area contributed by atoms with E-state index >= 15 is 13.7 Å². The van der Waals surface area contributed by atoms with Crippen molar-refractivity contribution in [2.45, 2.75) is 0 Å². The summed E-state index contributed by atoms with van der Waals surface area (Å²) in [6.07, 6.45) is 0. The lowest BCUT2D eigenvalue weighted by Crippen LogP contribution is -2.20. The third-order valence-corrected chi connectivity index (χ3v) is 41.9. The summed E-state index contributed by atoms with van der Waals surface area (Å²) < 4.78 is 60.8. The predicted octanol–water partition coefficient (Wildman–Crippen LogP) is 32.0. The van der Waals surface area contributed by atoms with Crippen LogP contribution < -0.4 is 47.7 Å². The quantitative estimate of drug-likeness (QED) is 0.128. The number of nitrogens with zero attached hydrogens (tertiary/aromatic N) is 4. The summed E-state index contributed by atoms with van der Waals surface area (Å²) in [5, 5.41) is 23.0. The van der Waals surface area contributed by atoms with Gasteiger partial charge in [0.15, 0.2) is 21.4 Å². The summed E-state index contributed by atoms with van der Waals surface area (Å²) in [5.74, 6) is 0. The van der Waals surface area contributed by atoms with Gasteiger partial charge in [0, 0.05) is 171 Å². The lowest BCUT2D eigenvalue weighted by atomic mass is 9.99. The van der Waals surface area contributed by atoms with E-state index in [4.69, 9.17) is 0 Å². The molecule has 0 amide bonds. The van der Waals surface area contributed by atoms with Crippen molar-refractivity contribution < 1.29 is 13.7 Å². The molecule has 6 aromatic heterocycles. The molecule has 0 N–H and O–H groups in total. The summed E-state index contributed by atoms with van der Waals surface area (Å²) >= 11 is 3.70. The zero-order valence-corrected chi connectivity index (χ0v) is 81.9. The first-order valence-electron chi connectivity index (χ1n) is 48.8. The third-order valence-electron chi connectivity index (χ3n) is 30.2. The number of thiophene rings is 2. The van der Waals surface area contributed by atoms with Gasteiger partial charge in [0.1, 0.15) is 0 Å². The van der Waals surface area contributed by atoms with Gasteiger partial charge in [-0.25, -0.2) is 0 Å². The average molecular weight is 1930 g/mol. The number of benzene rings is 22. The van der Waals surface area contributed by atoms with Gasteiger partial charge in [-0.05, 0) is 177 Å². The van der Waals surface area contributed by atoms with E-state index in [1.807, 2.05) is 132 Å². The highest BCUT2D eigenvalue weighted by molar-refractivity contribution is 7.87. The highest BCUT2D eigenvalue weighted by Gasteiger charge is 2.46. The molecule has 676 valence electrons. The fourth-order valence-electron chi connectivity index (χ4n) is 23.9. The molecule has 0 spiro atoms. The molecule has 3 aliphatic heterocycles. The average Bonchev–Trinajstić information content (AvgIpc) is 1.53. The van der Waals surface area contributed by atoms with Crippen molar-refractivity contribution in [2.75, 3.05) is 0 Å². The summed E-state index contributed by atoms with van der Waals surface area (Å²) in [6, 6.07) is 177. The smallest absolute Gasteiger partial charge is 0.172 e. The van der Waals surface area contributed by atoms with Crippen molar-refractivity contribution in [1.82, 2.24) is 18.3 Å². The van der Waals surface area contributed by atoms with Crippen molar-refractivity contribution in [3.63, 3.8) is 0 Å². The molecule has 144 heavy (non-hydrogen) atoms. The van der Waals surface area contributed by atoms with E-state index in [9.17, 15) is 0 Å². The van der Waals surface area contributed by atoms with Crippen molar-refractivity contribution in [3.8, 4) is 89.5 Å². The highest BCUT2D eigenvalue weighted by Crippen LogP contribution is 2.59. The maximum absolute atomic E-state index is 15.4. The zero-order valence-electron chi connectivity index (χ0n) is 77.6. The molecule has 31 rings (SSSR count). The Kier molecular flexibility index (Phi) is 19.2. The zero-order chi connectivity index (χ0) is 95.2. The Morgan fingerprint density at radius 3 is 0.896 bits per heavy atom. The molecule has 0 fully saturated rings. The molecule has 0 saturated heterocycles. The first-order chi connectivity index (χ1) is 71.1. The molecule has 22 aromatic carbocycles. The number of aromatic nitrogens is 4. The Balaban J connectivity index is 0.000000103. The molecule has 7 nitrogen and oxygen atoms in total. The Bertz CT molecular complexity index is 10400. The summed E-state index contributed by atoms with van der Waals surface area (Å²) in [6.45, 7) is 0. The normalized spacial score (nSPS) is 15.4. The second-order valence-electron chi connectivity index (χ2n) is 37.7. The maximum Gasteiger partial charge on any atom is 0.172 e. The van der Waals surface area contributed by atoms with Crippen LogP contribution in [0.5, 0.6) is 0 Å². The van der Waals surface area contributed by atoms with Gasteiger partial charge in [0.25, 0.3) is 0 Å². The molecule has 3 aliphatic rings. The van der Waals surface area contributed by atoms with Gasteiger partial charge in [-0.1, -0.05) is 376 Å². The molecule has 0 saturated carbocycles. The Morgan fingerprint density at radius 2 is 0.458 bits per heavy atom. The molecule has 0 radical (unpaired) electrons. The number of hydrogen-bond donors (Lipinski definition) is 0. The lowest BCUT2D eigenvalue weighted by molar-refractivity contribution is 0.592. The minimum absolute atomic E-state index is 0.871. The Hall–Kier alpha value is -16.8. The minimum atomic E-state index is -3.09. The number of hydrogen-bond acceptors (Lipinski definition) is 5. The fraction of sp³-hybridized carbons (Fsp3) is 0. The van der Waals surface area contributed by atoms with Crippen molar-refractivity contribution in [2.24, 2.45) is 0 Å². The molecule has 0 bridgehead atoms. The molecular formula is C132H83N4O3P3S2. The topological polar surface area (TPSA) is 70.9 Å². The summed E-state index contributed by atoms with van der Waals surface area (Å²) in [5.41, 5.74) is 27.1. The fourth-order valence-corrected chi connectivity index (χ4v) is 35.3. The molecule has 0 aliphatic carbocycles. The highest BCUT2D eigenvalue weighted by atomic mass is 32.1. The molecule has 3 atom stereocenters. The largest absolute Gasteiger partial charge is 0.309 e. The van der Waals surface area contributed by atoms with E-state index in [1.165, 1.54) is 117 Å². The van der Waals surface area contributed by atoms with Crippen LogP contribution in [0.4, 0.5) is 0 Å². The minimum Gasteiger partial charge on any atom is -0.309 e. The van der Waals surface area contributed by atoms with Crippen LogP contribution in [0, 0.1) is 0 Å².